The number of carbonyl (C=O) groups is 1. The minimum absolute atomic E-state index is 0.211. The van der Waals surface area contributed by atoms with Crippen molar-refractivity contribution in [1.82, 2.24) is 4.90 Å². The Labute approximate surface area is 74.4 Å². The number of nitrogens with zero attached hydrogens (tertiary/aromatic N) is 1. The van der Waals surface area contributed by atoms with Gasteiger partial charge in [0.05, 0.1) is 0 Å². The summed E-state index contributed by atoms with van der Waals surface area (Å²) >= 11 is 0. The molecule has 0 aromatic carbocycles. The van der Waals surface area contributed by atoms with Gasteiger partial charge >= 0.3 is 12.3 Å². The van der Waals surface area contributed by atoms with Crippen molar-refractivity contribution < 1.29 is 23.1 Å². The lowest BCUT2D eigenvalue weighted by molar-refractivity contribution is -0.103. The third-order valence-electron chi connectivity index (χ3n) is 1.33. The van der Waals surface area contributed by atoms with Crippen LogP contribution in [0, 0.1) is 0 Å². The van der Waals surface area contributed by atoms with E-state index in [4.69, 9.17) is 5.11 Å². The highest BCUT2D eigenvalue weighted by molar-refractivity contribution is 8.17. The molecule has 3 nitrogen and oxygen atoms in total. The van der Waals surface area contributed by atoms with Gasteiger partial charge in [-0.3, -0.25) is 0 Å². The van der Waals surface area contributed by atoms with Crippen molar-refractivity contribution >= 4 is 22.1 Å². The molecule has 7 heteroatoms. The van der Waals surface area contributed by atoms with Crippen LogP contribution in [0.1, 0.15) is 0 Å². The van der Waals surface area contributed by atoms with Crippen LogP contribution in [0.15, 0.2) is 11.1 Å². The lowest BCUT2D eigenvalue weighted by Crippen LogP contribution is -2.32. The van der Waals surface area contributed by atoms with Crippen molar-refractivity contribution in [3.05, 3.63) is 11.1 Å². The molecule has 0 bridgehead atoms. The average Bonchev–Trinajstić information content (AvgIpc) is 2.29. The van der Waals surface area contributed by atoms with Gasteiger partial charge in [-0.1, -0.05) is 0 Å². The van der Waals surface area contributed by atoms with E-state index < -0.39 is 28.5 Å². The molecular formula is C6H6F3NO2S. The molecule has 1 atom stereocenters. The van der Waals surface area contributed by atoms with Gasteiger partial charge in [-0.2, -0.15) is 13.2 Å². The van der Waals surface area contributed by atoms with Gasteiger partial charge in [-0.05, 0) is 11.7 Å². The third kappa shape index (κ3) is 2.03. The summed E-state index contributed by atoms with van der Waals surface area (Å²) in [5.41, 5.74) is -0.0867. The molecule has 1 rings (SSSR count). The van der Waals surface area contributed by atoms with Gasteiger partial charge in [-0.15, -0.1) is 10.5 Å². The maximum absolute atomic E-state index is 12.2. The molecule has 0 radical (unpaired) electrons. The Kier molecular flexibility index (Phi) is 2.38. The van der Waals surface area contributed by atoms with Crippen LogP contribution in [0.2, 0.25) is 0 Å². The zero-order valence-electron chi connectivity index (χ0n) is 6.50. The highest BCUT2D eigenvalue weighted by Gasteiger charge is 2.41. The van der Waals surface area contributed by atoms with E-state index >= 15 is 0 Å². The van der Waals surface area contributed by atoms with Crippen LogP contribution >= 0.6 is 10.5 Å². The summed E-state index contributed by atoms with van der Waals surface area (Å²) in [6.07, 6.45) is -4.71. The van der Waals surface area contributed by atoms with E-state index in [9.17, 15) is 18.0 Å². The first kappa shape index (κ1) is 10.1. The van der Waals surface area contributed by atoms with Gasteiger partial charge in [0.2, 0.25) is 0 Å². The number of rotatable bonds is 0. The Hall–Kier alpha value is -0.980. The monoisotopic (exact) mass is 213 g/mol. The van der Waals surface area contributed by atoms with Crippen molar-refractivity contribution in [2.45, 2.75) is 6.18 Å². The fraction of sp³-hybridized carbons (Fsp3) is 0.333. The summed E-state index contributed by atoms with van der Waals surface area (Å²) in [6, 6.07) is 0. The van der Waals surface area contributed by atoms with Crippen molar-refractivity contribution in [3.8, 4) is 0 Å². The Morgan fingerprint density at radius 1 is 1.62 bits per heavy atom. The number of alkyl halides is 3. The summed E-state index contributed by atoms with van der Waals surface area (Å²) in [7, 11) is -0.762. The van der Waals surface area contributed by atoms with E-state index in [0.29, 0.717) is 0 Å². The Morgan fingerprint density at radius 3 is 2.46 bits per heavy atom. The molecule has 0 fully saturated rings. The first-order valence-corrected chi connectivity index (χ1v) is 4.88. The number of halogens is 3. The van der Waals surface area contributed by atoms with Crippen LogP contribution in [0.25, 0.3) is 0 Å². The van der Waals surface area contributed by atoms with E-state index in [0.717, 1.165) is 10.9 Å². The quantitative estimate of drug-likeness (QED) is 0.625. The number of amides is 1. The van der Waals surface area contributed by atoms with Gasteiger partial charge in [0.1, 0.15) is 5.70 Å². The molecule has 1 aliphatic rings. The largest absolute Gasteiger partial charge is 0.464 e. The lowest BCUT2D eigenvalue weighted by Gasteiger charge is -2.16. The molecule has 1 N–H and O–H groups in total. The molecule has 0 saturated heterocycles. The normalized spacial score (nSPS) is 22.6. The fourth-order valence-corrected chi connectivity index (χ4v) is 2.03. The van der Waals surface area contributed by atoms with E-state index in [1.165, 1.54) is 6.26 Å². The SMILES string of the molecule is CS1=CN(C(=O)O)C(C(F)(F)F)=C1. The predicted molar refractivity (Wildman–Crippen MR) is 43.6 cm³/mol. The van der Waals surface area contributed by atoms with Crippen molar-refractivity contribution in [3.63, 3.8) is 0 Å². The molecule has 74 valence electrons. The zero-order valence-corrected chi connectivity index (χ0v) is 7.32. The average molecular weight is 213 g/mol. The van der Waals surface area contributed by atoms with Gasteiger partial charge < -0.3 is 5.11 Å². The molecule has 0 aromatic heterocycles. The van der Waals surface area contributed by atoms with Gasteiger partial charge in [0, 0.05) is 5.49 Å². The van der Waals surface area contributed by atoms with E-state index in [-0.39, 0.29) is 4.90 Å². The second-order valence-corrected chi connectivity index (χ2v) is 4.03. The lowest BCUT2D eigenvalue weighted by atomic mass is 10.4. The summed E-state index contributed by atoms with van der Waals surface area (Å²) < 4.78 is 36.5. The number of carboxylic acid groups (broad SMARTS) is 1. The topological polar surface area (TPSA) is 40.5 Å². The van der Waals surface area contributed by atoms with Crippen LogP contribution in [-0.2, 0) is 0 Å². The first-order chi connectivity index (χ1) is 5.82. The maximum Gasteiger partial charge on any atom is 0.432 e. The minimum Gasteiger partial charge on any atom is -0.464 e. The first-order valence-electron chi connectivity index (χ1n) is 3.12. The summed E-state index contributed by atoms with van der Waals surface area (Å²) in [5.74, 6) is 0. The van der Waals surface area contributed by atoms with Crippen LogP contribution in [-0.4, -0.2) is 34.0 Å². The summed E-state index contributed by atoms with van der Waals surface area (Å²) in [5, 5.41) is 9.32. The zero-order chi connectivity index (χ0) is 10.2. The van der Waals surface area contributed by atoms with Gasteiger partial charge in [0.25, 0.3) is 0 Å². The molecule has 0 aliphatic carbocycles. The van der Waals surface area contributed by atoms with Crippen molar-refractivity contribution in [2.24, 2.45) is 0 Å². The molecule has 0 spiro atoms. The standard InChI is InChI=1S/C6H6F3NO2S/c1-13-2-4(6(7,8)9)10(3-13)5(11)12/h2-3H,1H3,(H,11,12). The molecule has 13 heavy (non-hydrogen) atoms. The Balaban J connectivity index is 3.01. The molecule has 0 saturated carbocycles. The van der Waals surface area contributed by atoms with E-state index in [2.05, 4.69) is 0 Å². The minimum atomic E-state index is -4.60. The second kappa shape index (κ2) is 3.06. The van der Waals surface area contributed by atoms with Gasteiger partial charge in [-0.25, -0.2) is 9.69 Å². The highest BCUT2D eigenvalue weighted by atomic mass is 32.2. The molecule has 0 aromatic rings. The number of hydrogen-bond donors (Lipinski definition) is 1. The fourth-order valence-electron chi connectivity index (χ4n) is 0.838. The van der Waals surface area contributed by atoms with E-state index in [1.54, 1.807) is 0 Å². The van der Waals surface area contributed by atoms with Crippen LogP contribution < -0.4 is 0 Å². The summed E-state index contributed by atoms with van der Waals surface area (Å²) in [4.78, 5) is 10.6. The molecule has 1 aliphatic heterocycles. The van der Waals surface area contributed by atoms with Gasteiger partial charge in [0.15, 0.2) is 0 Å². The van der Waals surface area contributed by atoms with Crippen LogP contribution in [0.4, 0.5) is 18.0 Å². The molecule has 1 amide bonds. The Bertz CT molecular complexity index is 307. The number of hydrogen-bond acceptors (Lipinski definition) is 1. The molecule has 1 unspecified atom stereocenters. The molecule has 1 heterocycles. The summed E-state index contributed by atoms with van der Waals surface area (Å²) in [6.45, 7) is 0. The second-order valence-electron chi connectivity index (χ2n) is 2.37. The predicted octanol–water partition coefficient (Wildman–Crippen LogP) is 2.04. The molecular weight excluding hydrogens is 207 g/mol. The van der Waals surface area contributed by atoms with Crippen molar-refractivity contribution in [1.29, 1.82) is 0 Å². The van der Waals surface area contributed by atoms with E-state index in [1.807, 2.05) is 0 Å². The van der Waals surface area contributed by atoms with Crippen LogP contribution in [0.3, 0.4) is 0 Å². The number of allylic oxidation sites excluding steroid dienone is 1. The highest BCUT2D eigenvalue weighted by Crippen LogP contribution is 2.35. The Morgan fingerprint density at radius 2 is 2.15 bits per heavy atom. The third-order valence-corrected chi connectivity index (χ3v) is 2.46. The van der Waals surface area contributed by atoms with Crippen LogP contribution in [0.5, 0.6) is 0 Å². The smallest absolute Gasteiger partial charge is 0.432 e. The maximum atomic E-state index is 12.2. The van der Waals surface area contributed by atoms with Crippen molar-refractivity contribution in [2.75, 3.05) is 6.26 Å².